The Balaban J connectivity index is 0.000000921. The van der Waals surface area contributed by atoms with Gasteiger partial charge in [0.05, 0.1) is 6.61 Å². The number of piperidine rings is 1. The average Bonchev–Trinajstić information content (AvgIpc) is 2.29. The van der Waals surface area contributed by atoms with Crippen LogP contribution in [0.3, 0.4) is 0 Å². The van der Waals surface area contributed by atoms with Crippen LogP contribution in [-0.2, 0) is 4.74 Å². The minimum atomic E-state index is -0.131. The van der Waals surface area contributed by atoms with Crippen LogP contribution in [0.15, 0.2) is 0 Å². The Morgan fingerprint density at radius 3 is 2.33 bits per heavy atom. The van der Waals surface area contributed by atoms with E-state index in [2.05, 4.69) is 6.92 Å². The second-order valence-electron chi connectivity index (χ2n) is 3.78. The topological polar surface area (TPSA) is 29.5 Å². The van der Waals surface area contributed by atoms with Crippen molar-refractivity contribution >= 4 is 6.09 Å². The third-order valence-electron chi connectivity index (χ3n) is 2.47. The van der Waals surface area contributed by atoms with Crippen molar-refractivity contribution in [1.82, 2.24) is 4.90 Å². The van der Waals surface area contributed by atoms with E-state index in [0.29, 0.717) is 6.61 Å². The fraction of sp³-hybridized carbons (Fsp3) is 0.917. The lowest BCUT2D eigenvalue weighted by atomic mass is 10.00. The van der Waals surface area contributed by atoms with Gasteiger partial charge < -0.3 is 9.64 Å². The Labute approximate surface area is 93.8 Å². The molecule has 1 aliphatic rings. The van der Waals surface area contributed by atoms with Crippen molar-refractivity contribution in [2.24, 2.45) is 5.92 Å². The summed E-state index contributed by atoms with van der Waals surface area (Å²) in [7, 11) is 0. The number of hydrogen-bond donors (Lipinski definition) is 0. The maximum atomic E-state index is 11.4. The van der Waals surface area contributed by atoms with Gasteiger partial charge in [-0.15, -0.1) is 0 Å². The second-order valence-corrected chi connectivity index (χ2v) is 3.78. The number of ether oxygens (including phenoxy) is 1. The Morgan fingerprint density at radius 1 is 1.33 bits per heavy atom. The highest BCUT2D eigenvalue weighted by atomic mass is 16.6. The highest BCUT2D eigenvalue weighted by Gasteiger charge is 2.20. The third kappa shape index (κ3) is 5.65. The van der Waals surface area contributed by atoms with Crippen molar-refractivity contribution < 1.29 is 9.53 Å². The molecule has 0 saturated carbocycles. The number of rotatable bonds is 2. The summed E-state index contributed by atoms with van der Waals surface area (Å²) in [4.78, 5) is 13.2. The summed E-state index contributed by atoms with van der Waals surface area (Å²) in [5.74, 6) is 0.759. The molecule has 0 unspecified atom stereocenters. The van der Waals surface area contributed by atoms with Gasteiger partial charge in [-0.3, -0.25) is 0 Å². The molecule has 15 heavy (non-hydrogen) atoms. The lowest BCUT2D eigenvalue weighted by Gasteiger charge is -2.29. The van der Waals surface area contributed by atoms with Gasteiger partial charge in [0.25, 0.3) is 0 Å². The summed E-state index contributed by atoms with van der Waals surface area (Å²) in [6.07, 6.45) is 2.99. The second kappa shape index (κ2) is 8.57. The van der Waals surface area contributed by atoms with E-state index in [0.717, 1.165) is 38.3 Å². The van der Waals surface area contributed by atoms with E-state index in [1.807, 2.05) is 25.7 Å². The fourth-order valence-corrected chi connectivity index (χ4v) is 1.47. The monoisotopic (exact) mass is 215 g/mol. The Kier molecular flexibility index (Phi) is 8.15. The molecule has 0 aliphatic carbocycles. The van der Waals surface area contributed by atoms with Crippen molar-refractivity contribution in [2.45, 2.75) is 47.0 Å². The van der Waals surface area contributed by atoms with Crippen LogP contribution in [-0.4, -0.2) is 30.7 Å². The van der Waals surface area contributed by atoms with Crippen molar-refractivity contribution in [1.29, 1.82) is 0 Å². The molecule has 1 saturated heterocycles. The molecule has 1 fully saturated rings. The molecule has 1 aliphatic heterocycles. The zero-order valence-corrected chi connectivity index (χ0v) is 10.6. The zero-order valence-electron chi connectivity index (χ0n) is 10.6. The lowest BCUT2D eigenvalue weighted by molar-refractivity contribution is 0.0893. The van der Waals surface area contributed by atoms with E-state index < -0.39 is 0 Å². The van der Waals surface area contributed by atoms with Crippen LogP contribution in [0, 0.1) is 5.92 Å². The van der Waals surface area contributed by atoms with Gasteiger partial charge >= 0.3 is 6.09 Å². The van der Waals surface area contributed by atoms with Gasteiger partial charge in [-0.1, -0.05) is 27.7 Å². The molecule has 1 rings (SSSR count). The predicted molar refractivity (Wildman–Crippen MR) is 63.0 cm³/mol. The van der Waals surface area contributed by atoms with Crippen molar-refractivity contribution in [3.63, 3.8) is 0 Å². The van der Waals surface area contributed by atoms with Crippen molar-refractivity contribution in [2.75, 3.05) is 19.7 Å². The maximum absolute atomic E-state index is 11.4. The molecule has 0 bridgehead atoms. The molecule has 1 amide bonds. The van der Waals surface area contributed by atoms with Crippen LogP contribution >= 0.6 is 0 Å². The van der Waals surface area contributed by atoms with Crippen LogP contribution in [0.2, 0.25) is 0 Å². The Morgan fingerprint density at radius 2 is 1.87 bits per heavy atom. The summed E-state index contributed by atoms with van der Waals surface area (Å²) in [5.41, 5.74) is 0. The number of likely N-dealkylation sites (tertiary alicyclic amines) is 1. The summed E-state index contributed by atoms with van der Waals surface area (Å²) in [6.45, 7) is 10.5. The van der Waals surface area contributed by atoms with Crippen LogP contribution in [0.1, 0.15) is 47.0 Å². The first-order valence-corrected chi connectivity index (χ1v) is 6.15. The standard InChI is InChI=1S/C10H19NO2.C2H6/c1-3-8-13-10(12)11-6-4-9(2)5-7-11;1-2/h9H,3-8H2,1-2H3;1-2H3. The predicted octanol–water partition coefficient (Wildman–Crippen LogP) is 3.29. The first-order chi connectivity index (χ1) is 7.24. The van der Waals surface area contributed by atoms with E-state index in [-0.39, 0.29) is 6.09 Å². The Bertz CT molecular complexity index is 163. The summed E-state index contributed by atoms with van der Waals surface area (Å²) < 4.78 is 5.05. The number of carbonyl (C=O) groups is 1. The first kappa shape index (κ1) is 14.3. The molecule has 0 aromatic rings. The van der Waals surface area contributed by atoms with Gasteiger partial charge in [0.15, 0.2) is 0 Å². The third-order valence-corrected chi connectivity index (χ3v) is 2.47. The molecule has 0 N–H and O–H groups in total. The molecule has 90 valence electrons. The minimum absolute atomic E-state index is 0.131. The first-order valence-electron chi connectivity index (χ1n) is 6.15. The number of amides is 1. The molecule has 3 nitrogen and oxygen atoms in total. The van der Waals surface area contributed by atoms with E-state index in [9.17, 15) is 4.79 Å². The zero-order chi connectivity index (χ0) is 11.7. The molecule has 0 aromatic heterocycles. The van der Waals surface area contributed by atoms with E-state index in [1.165, 1.54) is 0 Å². The summed E-state index contributed by atoms with van der Waals surface area (Å²) >= 11 is 0. The number of hydrogen-bond acceptors (Lipinski definition) is 2. The summed E-state index contributed by atoms with van der Waals surface area (Å²) in [5, 5.41) is 0. The van der Waals surface area contributed by atoms with Gasteiger partial charge in [0.2, 0.25) is 0 Å². The molecule has 0 spiro atoms. The molecule has 0 atom stereocenters. The Hall–Kier alpha value is -0.730. The minimum Gasteiger partial charge on any atom is -0.449 e. The smallest absolute Gasteiger partial charge is 0.409 e. The van der Waals surface area contributed by atoms with Crippen LogP contribution < -0.4 is 0 Å². The molecular formula is C12H25NO2. The van der Waals surface area contributed by atoms with Gasteiger partial charge in [-0.2, -0.15) is 0 Å². The normalized spacial score (nSPS) is 16.7. The average molecular weight is 215 g/mol. The van der Waals surface area contributed by atoms with Crippen molar-refractivity contribution in [3.05, 3.63) is 0 Å². The molecule has 1 heterocycles. The van der Waals surface area contributed by atoms with E-state index in [1.54, 1.807) is 0 Å². The number of carbonyl (C=O) groups excluding carboxylic acids is 1. The van der Waals surface area contributed by atoms with Gasteiger partial charge in [-0.05, 0) is 25.2 Å². The lowest BCUT2D eigenvalue weighted by Crippen LogP contribution is -2.38. The fourth-order valence-electron chi connectivity index (χ4n) is 1.47. The quantitative estimate of drug-likeness (QED) is 0.707. The SMILES string of the molecule is CC.CCCOC(=O)N1CCC(C)CC1. The largest absolute Gasteiger partial charge is 0.449 e. The van der Waals surface area contributed by atoms with Crippen LogP contribution in [0.5, 0.6) is 0 Å². The number of nitrogens with zero attached hydrogens (tertiary/aromatic N) is 1. The van der Waals surface area contributed by atoms with Crippen LogP contribution in [0.4, 0.5) is 4.79 Å². The van der Waals surface area contributed by atoms with Gasteiger partial charge in [-0.25, -0.2) is 4.79 Å². The highest BCUT2D eigenvalue weighted by Crippen LogP contribution is 2.16. The van der Waals surface area contributed by atoms with E-state index >= 15 is 0 Å². The molecular weight excluding hydrogens is 190 g/mol. The van der Waals surface area contributed by atoms with Crippen molar-refractivity contribution in [3.8, 4) is 0 Å². The van der Waals surface area contributed by atoms with Crippen LogP contribution in [0.25, 0.3) is 0 Å². The maximum Gasteiger partial charge on any atom is 0.409 e. The molecule has 3 heteroatoms. The summed E-state index contributed by atoms with van der Waals surface area (Å²) in [6, 6.07) is 0. The van der Waals surface area contributed by atoms with Gasteiger partial charge in [0, 0.05) is 13.1 Å². The molecule has 0 aromatic carbocycles. The molecule has 0 radical (unpaired) electrons. The highest BCUT2D eigenvalue weighted by molar-refractivity contribution is 5.67. The van der Waals surface area contributed by atoms with Gasteiger partial charge in [0.1, 0.15) is 0 Å². The van der Waals surface area contributed by atoms with E-state index in [4.69, 9.17) is 4.74 Å².